The second kappa shape index (κ2) is 2.86. The van der Waals surface area contributed by atoms with Gasteiger partial charge in [-0.25, -0.2) is 0 Å². The Hall–Kier alpha value is -0.790. The summed E-state index contributed by atoms with van der Waals surface area (Å²) in [5.41, 5.74) is 2.67. The van der Waals surface area contributed by atoms with Gasteiger partial charge in [0.25, 0.3) is 0 Å². The van der Waals surface area contributed by atoms with E-state index in [9.17, 15) is 0 Å². The van der Waals surface area contributed by atoms with Crippen LogP contribution in [-0.4, -0.2) is 9.78 Å². The van der Waals surface area contributed by atoms with Crippen LogP contribution in [0.3, 0.4) is 0 Å². The Bertz CT molecular complexity index is 192. The fourth-order valence-electron chi connectivity index (χ4n) is 1.15. The largest absolute Gasteiger partial charge is 0.270 e. The molecule has 56 valence electrons. The van der Waals surface area contributed by atoms with Gasteiger partial charge < -0.3 is 0 Å². The second-order valence-electron chi connectivity index (χ2n) is 2.42. The predicted octanol–water partition coefficient (Wildman–Crippen LogP) is 1.77. The topological polar surface area (TPSA) is 17.8 Å². The van der Waals surface area contributed by atoms with Gasteiger partial charge >= 0.3 is 0 Å². The van der Waals surface area contributed by atoms with E-state index in [0.717, 1.165) is 13.0 Å². The summed E-state index contributed by atoms with van der Waals surface area (Å²) in [6.07, 6.45) is 3.05. The molecular weight excluding hydrogens is 124 g/mol. The first-order chi connectivity index (χ1) is 4.79. The first kappa shape index (κ1) is 7.32. The lowest BCUT2D eigenvalue weighted by molar-refractivity contribution is 0.638. The monoisotopic (exact) mass is 138 g/mol. The molecule has 10 heavy (non-hydrogen) atoms. The van der Waals surface area contributed by atoms with E-state index in [4.69, 9.17) is 0 Å². The van der Waals surface area contributed by atoms with Crippen molar-refractivity contribution in [2.24, 2.45) is 0 Å². The van der Waals surface area contributed by atoms with Gasteiger partial charge in [-0.05, 0) is 25.8 Å². The third kappa shape index (κ3) is 1.06. The molecule has 1 rings (SSSR count). The number of aromatic nitrogens is 2. The summed E-state index contributed by atoms with van der Waals surface area (Å²) in [6, 6.07) is 0. The Morgan fingerprint density at radius 3 is 2.50 bits per heavy atom. The minimum Gasteiger partial charge on any atom is -0.270 e. The lowest BCUT2D eigenvalue weighted by Gasteiger charge is -1.98. The van der Waals surface area contributed by atoms with Gasteiger partial charge in [0.1, 0.15) is 0 Å². The zero-order chi connectivity index (χ0) is 7.56. The summed E-state index contributed by atoms with van der Waals surface area (Å²) >= 11 is 0. The van der Waals surface area contributed by atoms with E-state index in [0.29, 0.717) is 0 Å². The van der Waals surface area contributed by atoms with Crippen LogP contribution >= 0.6 is 0 Å². The Kier molecular flexibility index (Phi) is 2.10. The van der Waals surface area contributed by atoms with Crippen LogP contribution in [0.5, 0.6) is 0 Å². The summed E-state index contributed by atoms with van der Waals surface area (Å²) in [4.78, 5) is 0. The summed E-state index contributed by atoms with van der Waals surface area (Å²) < 4.78 is 2.03. The lowest BCUT2D eigenvalue weighted by Crippen LogP contribution is -1.98. The summed E-state index contributed by atoms with van der Waals surface area (Å²) in [5.74, 6) is 0. The van der Waals surface area contributed by atoms with Crippen molar-refractivity contribution in [3.8, 4) is 0 Å². The summed E-state index contributed by atoms with van der Waals surface area (Å²) in [6.45, 7) is 7.37. The molecule has 1 aromatic rings. The minimum atomic E-state index is 0.978. The number of hydrogen-bond donors (Lipinski definition) is 0. The van der Waals surface area contributed by atoms with Crippen molar-refractivity contribution in [3.63, 3.8) is 0 Å². The highest BCUT2D eigenvalue weighted by Crippen LogP contribution is 2.06. The highest BCUT2D eigenvalue weighted by Gasteiger charge is 2.00. The maximum absolute atomic E-state index is 4.22. The molecular formula is C8H14N2. The molecule has 0 amide bonds. The molecule has 0 spiro atoms. The van der Waals surface area contributed by atoms with Gasteiger partial charge in [-0.1, -0.05) is 6.92 Å². The Balaban J connectivity index is 2.97. The summed E-state index contributed by atoms with van der Waals surface area (Å²) in [5, 5.41) is 4.22. The molecule has 0 aliphatic carbocycles. The van der Waals surface area contributed by atoms with E-state index < -0.39 is 0 Å². The molecule has 1 aromatic heterocycles. The van der Waals surface area contributed by atoms with Crippen LogP contribution < -0.4 is 0 Å². The van der Waals surface area contributed by atoms with Crippen LogP contribution in [-0.2, 0) is 13.0 Å². The van der Waals surface area contributed by atoms with E-state index in [2.05, 4.69) is 25.9 Å². The molecule has 0 aromatic carbocycles. The molecule has 0 radical (unpaired) electrons. The second-order valence-corrected chi connectivity index (χ2v) is 2.42. The van der Waals surface area contributed by atoms with Crippen LogP contribution in [0.1, 0.15) is 25.1 Å². The number of aryl methyl sites for hydroxylation is 2. The van der Waals surface area contributed by atoms with Crippen molar-refractivity contribution in [2.45, 2.75) is 33.7 Å². The first-order valence-electron chi connectivity index (χ1n) is 3.80. The Morgan fingerprint density at radius 2 is 2.20 bits per heavy atom. The molecule has 0 atom stereocenters. The van der Waals surface area contributed by atoms with E-state index in [1.54, 1.807) is 0 Å². The van der Waals surface area contributed by atoms with Gasteiger partial charge in [0, 0.05) is 12.2 Å². The van der Waals surface area contributed by atoms with Crippen molar-refractivity contribution >= 4 is 0 Å². The highest BCUT2D eigenvalue weighted by molar-refractivity contribution is 5.15. The quantitative estimate of drug-likeness (QED) is 0.609. The van der Waals surface area contributed by atoms with Gasteiger partial charge in [0.05, 0.1) is 6.20 Å². The zero-order valence-corrected chi connectivity index (χ0v) is 6.89. The van der Waals surface area contributed by atoms with E-state index >= 15 is 0 Å². The van der Waals surface area contributed by atoms with Crippen molar-refractivity contribution in [1.29, 1.82) is 0 Å². The fourth-order valence-corrected chi connectivity index (χ4v) is 1.15. The molecule has 0 aliphatic heterocycles. The standard InChI is InChI=1S/C8H14N2/c1-4-8-6-9-10(5-2)7(8)3/h6H,4-5H2,1-3H3. The number of rotatable bonds is 2. The van der Waals surface area contributed by atoms with E-state index in [-0.39, 0.29) is 0 Å². The van der Waals surface area contributed by atoms with Crippen LogP contribution in [0, 0.1) is 6.92 Å². The third-order valence-electron chi connectivity index (χ3n) is 1.89. The lowest BCUT2D eigenvalue weighted by atomic mass is 10.2. The van der Waals surface area contributed by atoms with Gasteiger partial charge in [-0.3, -0.25) is 4.68 Å². The number of nitrogens with zero attached hydrogens (tertiary/aromatic N) is 2. The van der Waals surface area contributed by atoms with Crippen molar-refractivity contribution in [1.82, 2.24) is 9.78 Å². The fraction of sp³-hybridized carbons (Fsp3) is 0.625. The Labute approximate surface area is 61.9 Å². The molecule has 0 saturated heterocycles. The SMILES string of the molecule is CCc1cnn(CC)c1C. The van der Waals surface area contributed by atoms with Crippen molar-refractivity contribution in [2.75, 3.05) is 0 Å². The van der Waals surface area contributed by atoms with Gasteiger partial charge in [-0.2, -0.15) is 5.10 Å². The first-order valence-corrected chi connectivity index (χ1v) is 3.80. The molecule has 0 bridgehead atoms. The summed E-state index contributed by atoms with van der Waals surface area (Å²) in [7, 11) is 0. The molecule has 0 fully saturated rings. The van der Waals surface area contributed by atoms with Crippen molar-refractivity contribution in [3.05, 3.63) is 17.5 Å². The molecule has 0 aliphatic rings. The average molecular weight is 138 g/mol. The van der Waals surface area contributed by atoms with Crippen LogP contribution in [0.15, 0.2) is 6.20 Å². The predicted molar refractivity (Wildman–Crippen MR) is 42.0 cm³/mol. The van der Waals surface area contributed by atoms with Crippen molar-refractivity contribution < 1.29 is 0 Å². The van der Waals surface area contributed by atoms with Crippen LogP contribution in [0.2, 0.25) is 0 Å². The third-order valence-corrected chi connectivity index (χ3v) is 1.89. The zero-order valence-electron chi connectivity index (χ0n) is 6.89. The van der Waals surface area contributed by atoms with Gasteiger partial charge in [0.2, 0.25) is 0 Å². The maximum atomic E-state index is 4.22. The molecule has 0 N–H and O–H groups in total. The van der Waals surface area contributed by atoms with E-state index in [1.165, 1.54) is 11.3 Å². The Morgan fingerprint density at radius 1 is 1.50 bits per heavy atom. The van der Waals surface area contributed by atoms with Gasteiger partial charge in [-0.15, -0.1) is 0 Å². The molecule has 2 heteroatoms. The normalized spacial score (nSPS) is 10.3. The van der Waals surface area contributed by atoms with Gasteiger partial charge in [0.15, 0.2) is 0 Å². The molecule has 2 nitrogen and oxygen atoms in total. The van der Waals surface area contributed by atoms with Crippen LogP contribution in [0.4, 0.5) is 0 Å². The maximum Gasteiger partial charge on any atom is 0.0524 e. The smallest absolute Gasteiger partial charge is 0.0524 e. The molecule has 0 saturated carbocycles. The minimum absolute atomic E-state index is 0.978. The molecule has 1 heterocycles. The van der Waals surface area contributed by atoms with Crippen LogP contribution in [0.25, 0.3) is 0 Å². The van der Waals surface area contributed by atoms with E-state index in [1.807, 2.05) is 10.9 Å². The number of hydrogen-bond acceptors (Lipinski definition) is 1. The average Bonchev–Trinajstić information content (AvgIpc) is 2.30. The highest BCUT2D eigenvalue weighted by atomic mass is 15.3. The molecule has 0 unspecified atom stereocenters.